The van der Waals surface area contributed by atoms with Crippen molar-refractivity contribution in [3.8, 4) is 10.7 Å². The number of rotatable bonds is 3. The van der Waals surface area contributed by atoms with Crippen molar-refractivity contribution < 1.29 is 0 Å². The minimum absolute atomic E-state index is 0.832. The van der Waals surface area contributed by atoms with Crippen LogP contribution < -0.4 is 0 Å². The van der Waals surface area contributed by atoms with Gasteiger partial charge in [0, 0.05) is 12.6 Å². The Kier molecular flexibility index (Phi) is 2.75. The Morgan fingerprint density at radius 3 is 3.00 bits per heavy atom. The highest BCUT2D eigenvalue weighted by molar-refractivity contribution is 7.19. The summed E-state index contributed by atoms with van der Waals surface area (Å²) in [6.45, 7) is 4.14. The van der Waals surface area contributed by atoms with E-state index in [0.29, 0.717) is 0 Å². The minimum atomic E-state index is 0.832. The average molecular weight is 298 g/mol. The summed E-state index contributed by atoms with van der Waals surface area (Å²) in [6, 6.07) is 5.99. The van der Waals surface area contributed by atoms with Crippen molar-refractivity contribution >= 4 is 21.9 Å². The molecule has 106 valence electrons. The van der Waals surface area contributed by atoms with Crippen LogP contribution in [-0.4, -0.2) is 29.2 Å². The molecule has 0 aromatic carbocycles. The lowest BCUT2D eigenvalue weighted by Gasteiger charge is -1.97. The minimum Gasteiger partial charge on any atom is -0.297 e. The predicted octanol–water partition coefficient (Wildman–Crippen LogP) is 2.76. The molecule has 0 N–H and O–H groups in total. The molecule has 0 aliphatic heterocycles. The van der Waals surface area contributed by atoms with E-state index < -0.39 is 0 Å². The number of aryl methyl sites for hydroxylation is 2. The van der Waals surface area contributed by atoms with Crippen LogP contribution in [0.5, 0.6) is 0 Å². The van der Waals surface area contributed by atoms with Crippen LogP contribution in [0, 0.1) is 6.92 Å². The molecule has 6 nitrogen and oxygen atoms in total. The first-order valence-electron chi connectivity index (χ1n) is 6.93. The molecule has 4 heterocycles. The number of aromatic nitrogens is 6. The zero-order valence-corrected chi connectivity index (χ0v) is 12.6. The van der Waals surface area contributed by atoms with E-state index in [1.165, 1.54) is 0 Å². The zero-order valence-electron chi connectivity index (χ0n) is 11.8. The smallest absolute Gasteiger partial charge is 0.235 e. The van der Waals surface area contributed by atoms with Gasteiger partial charge in [-0.05, 0) is 25.5 Å². The van der Waals surface area contributed by atoms with Crippen molar-refractivity contribution in [3.63, 3.8) is 0 Å². The van der Waals surface area contributed by atoms with Crippen LogP contribution in [0.4, 0.5) is 0 Å². The Hall–Kier alpha value is -2.28. The molecule has 0 spiro atoms. The molecular weight excluding hydrogens is 284 g/mol. The fraction of sp³-hybridized carbons (Fsp3) is 0.286. The molecule has 21 heavy (non-hydrogen) atoms. The Labute approximate surface area is 125 Å². The van der Waals surface area contributed by atoms with Crippen molar-refractivity contribution in [2.24, 2.45) is 0 Å². The number of hydrogen-bond donors (Lipinski definition) is 0. The summed E-state index contributed by atoms with van der Waals surface area (Å²) < 4.78 is 3.92. The molecule has 4 rings (SSSR count). The first-order valence-corrected chi connectivity index (χ1v) is 7.74. The Bertz CT molecular complexity index is 932. The second kappa shape index (κ2) is 4.63. The van der Waals surface area contributed by atoms with Crippen LogP contribution in [0.1, 0.15) is 24.9 Å². The van der Waals surface area contributed by atoms with E-state index in [1.807, 2.05) is 35.8 Å². The van der Waals surface area contributed by atoms with E-state index in [-0.39, 0.29) is 0 Å². The highest BCUT2D eigenvalue weighted by Crippen LogP contribution is 2.29. The van der Waals surface area contributed by atoms with Gasteiger partial charge in [0.15, 0.2) is 10.8 Å². The first kappa shape index (κ1) is 12.5. The van der Waals surface area contributed by atoms with Crippen LogP contribution in [0.2, 0.25) is 0 Å². The standard InChI is InChI=1S/C14H14N6S/c1-3-6-11-16-17-14-20(11)18-13(21-14)12-9(2)15-10-7-4-5-8-19(10)12/h4-5,7-8H,3,6H2,1-2H3. The van der Waals surface area contributed by atoms with Gasteiger partial charge in [-0.1, -0.05) is 24.3 Å². The Morgan fingerprint density at radius 2 is 2.14 bits per heavy atom. The van der Waals surface area contributed by atoms with Gasteiger partial charge >= 0.3 is 0 Å². The molecule has 4 aromatic rings. The van der Waals surface area contributed by atoms with Crippen LogP contribution in [-0.2, 0) is 6.42 Å². The molecule has 0 atom stereocenters. The molecule has 0 unspecified atom stereocenters. The van der Waals surface area contributed by atoms with Gasteiger partial charge in [0.2, 0.25) is 4.96 Å². The fourth-order valence-electron chi connectivity index (χ4n) is 2.50. The normalized spacial score (nSPS) is 11.7. The molecule has 0 amide bonds. The van der Waals surface area contributed by atoms with Gasteiger partial charge < -0.3 is 0 Å². The highest BCUT2D eigenvalue weighted by atomic mass is 32.1. The lowest BCUT2D eigenvalue weighted by Crippen LogP contribution is -1.96. The number of hydrogen-bond acceptors (Lipinski definition) is 5. The summed E-state index contributed by atoms with van der Waals surface area (Å²) >= 11 is 1.55. The lowest BCUT2D eigenvalue weighted by molar-refractivity contribution is 0.777. The van der Waals surface area contributed by atoms with Crippen molar-refractivity contribution in [3.05, 3.63) is 35.9 Å². The second-order valence-electron chi connectivity index (χ2n) is 4.94. The monoisotopic (exact) mass is 298 g/mol. The first-order chi connectivity index (χ1) is 10.3. The van der Waals surface area contributed by atoms with E-state index in [4.69, 9.17) is 5.10 Å². The molecule has 0 radical (unpaired) electrons. The molecule has 0 aliphatic carbocycles. The third kappa shape index (κ3) is 1.84. The predicted molar refractivity (Wildman–Crippen MR) is 81.6 cm³/mol. The van der Waals surface area contributed by atoms with Crippen molar-refractivity contribution in [1.82, 2.24) is 29.2 Å². The average Bonchev–Trinajstić information content (AvgIpc) is 3.11. The van der Waals surface area contributed by atoms with E-state index in [9.17, 15) is 0 Å². The van der Waals surface area contributed by atoms with Crippen LogP contribution >= 0.6 is 11.3 Å². The zero-order chi connectivity index (χ0) is 14.4. The van der Waals surface area contributed by atoms with E-state index >= 15 is 0 Å². The van der Waals surface area contributed by atoms with Crippen molar-refractivity contribution in [2.75, 3.05) is 0 Å². The molecule has 0 bridgehead atoms. The fourth-order valence-corrected chi connectivity index (χ4v) is 3.46. The quantitative estimate of drug-likeness (QED) is 0.583. The van der Waals surface area contributed by atoms with Gasteiger partial charge in [-0.15, -0.1) is 10.2 Å². The van der Waals surface area contributed by atoms with Gasteiger partial charge in [0.05, 0.1) is 5.69 Å². The van der Waals surface area contributed by atoms with E-state index in [0.717, 1.165) is 45.7 Å². The van der Waals surface area contributed by atoms with Crippen LogP contribution in [0.3, 0.4) is 0 Å². The SMILES string of the molecule is CCCc1nnc2sc(-c3c(C)nc4ccccn34)nn12. The molecule has 0 saturated heterocycles. The van der Waals surface area contributed by atoms with Crippen molar-refractivity contribution in [2.45, 2.75) is 26.7 Å². The maximum atomic E-state index is 4.69. The van der Waals surface area contributed by atoms with E-state index in [1.54, 1.807) is 11.3 Å². The summed E-state index contributed by atoms with van der Waals surface area (Å²) in [6.07, 6.45) is 3.93. The topological polar surface area (TPSA) is 60.4 Å². The maximum Gasteiger partial charge on any atom is 0.235 e. The third-order valence-electron chi connectivity index (χ3n) is 3.44. The summed E-state index contributed by atoms with van der Waals surface area (Å²) in [4.78, 5) is 5.42. The molecular formula is C14H14N6S. The molecule has 0 aliphatic rings. The maximum absolute atomic E-state index is 4.69. The summed E-state index contributed by atoms with van der Waals surface area (Å²) in [5, 5.41) is 14.0. The van der Waals surface area contributed by atoms with Gasteiger partial charge in [-0.3, -0.25) is 4.40 Å². The molecule has 4 aromatic heterocycles. The summed E-state index contributed by atoms with van der Waals surface area (Å²) in [5.74, 6) is 0.918. The van der Waals surface area contributed by atoms with E-state index in [2.05, 4.69) is 26.5 Å². The van der Waals surface area contributed by atoms with Crippen molar-refractivity contribution in [1.29, 1.82) is 0 Å². The number of fused-ring (bicyclic) bond motifs is 2. The molecule has 7 heteroatoms. The van der Waals surface area contributed by atoms with Gasteiger partial charge in [-0.25, -0.2) is 4.98 Å². The highest BCUT2D eigenvalue weighted by Gasteiger charge is 2.17. The summed E-state index contributed by atoms with van der Waals surface area (Å²) in [5.41, 5.74) is 2.94. The number of nitrogens with zero attached hydrogens (tertiary/aromatic N) is 6. The van der Waals surface area contributed by atoms with Gasteiger partial charge in [0.25, 0.3) is 0 Å². The number of imidazole rings is 1. The molecule has 0 saturated carbocycles. The van der Waals surface area contributed by atoms with Crippen LogP contribution in [0.25, 0.3) is 21.3 Å². The molecule has 0 fully saturated rings. The van der Waals surface area contributed by atoms with Gasteiger partial charge in [-0.2, -0.15) is 9.61 Å². The van der Waals surface area contributed by atoms with Crippen LogP contribution in [0.15, 0.2) is 24.4 Å². The Balaban J connectivity index is 1.94. The third-order valence-corrected chi connectivity index (χ3v) is 4.34. The second-order valence-corrected chi connectivity index (χ2v) is 5.90. The lowest BCUT2D eigenvalue weighted by atomic mass is 10.3. The number of pyridine rings is 1. The largest absolute Gasteiger partial charge is 0.297 e. The summed E-state index contributed by atoms with van der Waals surface area (Å²) in [7, 11) is 0. The van der Waals surface area contributed by atoms with Gasteiger partial charge in [0.1, 0.15) is 11.3 Å². The Morgan fingerprint density at radius 1 is 1.24 bits per heavy atom.